The van der Waals surface area contributed by atoms with E-state index in [1.807, 2.05) is 0 Å². The first-order valence-corrected chi connectivity index (χ1v) is 9.52. The lowest BCUT2D eigenvalue weighted by atomic mass is 10.2. The number of primary sulfonamides is 1. The third kappa shape index (κ3) is 5.57. The molecule has 0 radical (unpaired) electrons. The van der Waals surface area contributed by atoms with Crippen LogP contribution in [0.4, 0.5) is 11.4 Å². The van der Waals surface area contributed by atoms with Gasteiger partial charge in [-0.05, 0) is 30.3 Å². The number of nitrogens with one attached hydrogen (secondary N) is 1. The van der Waals surface area contributed by atoms with Crippen molar-refractivity contribution < 1.29 is 33.0 Å². The highest BCUT2D eigenvalue weighted by Gasteiger charge is 2.32. The number of aliphatic carboxylic acids is 1. The van der Waals surface area contributed by atoms with Gasteiger partial charge in [0.15, 0.2) is 0 Å². The molecule has 1 atom stereocenters. The number of hydrogen-bond acceptors (Lipinski definition) is 8. The lowest BCUT2D eigenvalue weighted by Gasteiger charge is -2.10. The number of azo groups is 1. The van der Waals surface area contributed by atoms with Gasteiger partial charge in [-0.1, -0.05) is 23.7 Å². The first-order valence-electron chi connectivity index (χ1n) is 7.60. The molecule has 0 aliphatic carbocycles. The molecular formula is C16H13ClN4O7S. The number of nitrogens with zero attached hydrogens (tertiary/aromatic N) is 2. The molecule has 0 bridgehead atoms. The number of para-hydroxylation sites is 1. The molecule has 0 spiro atoms. The standard InChI is InChI=1S/C16H13ClN4O7S/c17-9-3-1-2-4-10(9)19-15(24)13(14(23)16(25)26)21-20-11-7-8(29(18,27)28)5-6-12(11)22/h1-7,13,22H,(H,19,24)(H,25,26)(H2,18,27,28). The molecule has 0 saturated carbocycles. The molecule has 29 heavy (non-hydrogen) atoms. The SMILES string of the molecule is NS(=O)(=O)c1ccc(O)c(N=NC(C(=O)Nc2ccccc2Cl)C(=O)C(=O)O)c1. The van der Waals surface area contributed by atoms with Crippen LogP contribution >= 0.6 is 11.6 Å². The van der Waals surface area contributed by atoms with Gasteiger partial charge >= 0.3 is 5.97 Å². The van der Waals surface area contributed by atoms with Gasteiger partial charge in [0, 0.05) is 0 Å². The number of rotatable bonds is 7. The van der Waals surface area contributed by atoms with Crippen molar-refractivity contribution in [1.29, 1.82) is 0 Å². The van der Waals surface area contributed by atoms with E-state index in [0.29, 0.717) is 0 Å². The summed E-state index contributed by atoms with van der Waals surface area (Å²) in [5.41, 5.74) is -0.359. The van der Waals surface area contributed by atoms with E-state index in [1.54, 1.807) is 6.07 Å². The molecule has 0 fully saturated rings. The number of halogens is 1. The Labute approximate surface area is 168 Å². The molecule has 2 rings (SSSR count). The number of anilines is 1. The van der Waals surface area contributed by atoms with Crippen molar-refractivity contribution in [2.45, 2.75) is 10.9 Å². The number of carboxylic acids is 1. The Hall–Kier alpha value is -3.35. The summed E-state index contributed by atoms with van der Waals surface area (Å²) < 4.78 is 22.8. The Morgan fingerprint density at radius 2 is 1.79 bits per heavy atom. The fraction of sp³-hybridized carbons (Fsp3) is 0.0625. The van der Waals surface area contributed by atoms with Gasteiger partial charge in [-0.15, -0.1) is 0 Å². The Balaban J connectivity index is 2.39. The number of amides is 1. The second kappa shape index (κ2) is 8.77. The van der Waals surface area contributed by atoms with Crippen molar-refractivity contribution in [3.05, 3.63) is 47.5 Å². The maximum atomic E-state index is 12.4. The minimum Gasteiger partial charge on any atom is -0.506 e. The van der Waals surface area contributed by atoms with Crippen LogP contribution in [0.5, 0.6) is 5.75 Å². The molecule has 1 amide bonds. The molecule has 2 aromatic carbocycles. The summed E-state index contributed by atoms with van der Waals surface area (Å²) in [5.74, 6) is -5.27. The summed E-state index contributed by atoms with van der Waals surface area (Å²) in [6.07, 6.45) is 0. The van der Waals surface area contributed by atoms with E-state index in [4.69, 9.17) is 21.8 Å². The molecular weight excluding hydrogens is 428 g/mol. The van der Waals surface area contributed by atoms with Crippen LogP contribution in [0.15, 0.2) is 57.6 Å². The number of benzene rings is 2. The zero-order valence-electron chi connectivity index (χ0n) is 14.3. The lowest BCUT2D eigenvalue weighted by Crippen LogP contribution is -2.37. The van der Waals surface area contributed by atoms with Crippen LogP contribution in [0.25, 0.3) is 0 Å². The summed E-state index contributed by atoms with van der Waals surface area (Å²) in [5, 5.41) is 32.8. The zero-order valence-corrected chi connectivity index (χ0v) is 15.9. The largest absolute Gasteiger partial charge is 0.506 e. The number of nitrogens with two attached hydrogens (primary N) is 1. The quantitative estimate of drug-likeness (QED) is 0.284. The number of carboxylic acid groups (broad SMARTS) is 1. The minimum absolute atomic E-state index is 0.0941. The Morgan fingerprint density at radius 1 is 1.14 bits per heavy atom. The monoisotopic (exact) mass is 440 g/mol. The van der Waals surface area contributed by atoms with Crippen molar-refractivity contribution in [1.82, 2.24) is 0 Å². The van der Waals surface area contributed by atoms with Crippen molar-refractivity contribution in [2.24, 2.45) is 15.4 Å². The topological polar surface area (TPSA) is 189 Å². The highest BCUT2D eigenvalue weighted by atomic mass is 35.5. The molecule has 0 aliphatic rings. The molecule has 152 valence electrons. The number of carbonyl (C=O) groups excluding carboxylic acids is 2. The van der Waals surface area contributed by atoms with E-state index in [1.165, 1.54) is 18.2 Å². The van der Waals surface area contributed by atoms with Crippen LogP contribution in [0.1, 0.15) is 0 Å². The van der Waals surface area contributed by atoms with E-state index in [0.717, 1.165) is 18.2 Å². The molecule has 5 N–H and O–H groups in total. The van der Waals surface area contributed by atoms with Gasteiger partial charge in [0.05, 0.1) is 15.6 Å². The van der Waals surface area contributed by atoms with E-state index >= 15 is 0 Å². The van der Waals surface area contributed by atoms with Gasteiger partial charge in [0.2, 0.25) is 16.1 Å². The van der Waals surface area contributed by atoms with Crippen molar-refractivity contribution in [3.63, 3.8) is 0 Å². The first-order chi connectivity index (χ1) is 13.5. The third-order valence-electron chi connectivity index (χ3n) is 3.40. The maximum absolute atomic E-state index is 12.4. The number of phenolic OH excluding ortho intramolecular Hbond substituents is 1. The maximum Gasteiger partial charge on any atom is 0.375 e. The fourth-order valence-electron chi connectivity index (χ4n) is 1.98. The molecule has 11 nitrogen and oxygen atoms in total. The predicted molar refractivity (Wildman–Crippen MR) is 101 cm³/mol. The minimum atomic E-state index is -4.14. The number of hydrogen-bond donors (Lipinski definition) is 4. The Morgan fingerprint density at radius 3 is 2.38 bits per heavy atom. The number of aromatic hydroxyl groups is 1. The number of carbonyl (C=O) groups is 3. The summed E-state index contributed by atoms with van der Waals surface area (Å²) >= 11 is 5.90. The fourth-order valence-corrected chi connectivity index (χ4v) is 2.70. The average molecular weight is 441 g/mol. The number of sulfonamides is 1. The lowest BCUT2D eigenvalue weighted by molar-refractivity contribution is -0.150. The average Bonchev–Trinajstić information content (AvgIpc) is 2.64. The Kier molecular flexibility index (Phi) is 6.64. The summed E-state index contributed by atoms with van der Waals surface area (Å²) in [4.78, 5) is 34.8. The van der Waals surface area contributed by atoms with Crippen LogP contribution in [-0.4, -0.2) is 42.3 Å². The van der Waals surface area contributed by atoms with E-state index < -0.39 is 50.1 Å². The Bertz CT molecular complexity index is 1120. The van der Waals surface area contributed by atoms with Gasteiger partial charge in [-0.2, -0.15) is 10.2 Å². The van der Waals surface area contributed by atoms with Gasteiger partial charge in [0.25, 0.3) is 11.7 Å². The summed E-state index contributed by atoms with van der Waals surface area (Å²) in [6, 6.07) is 6.61. The number of phenols is 1. The summed E-state index contributed by atoms with van der Waals surface area (Å²) in [6.45, 7) is 0. The molecule has 1 unspecified atom stereocenters. The van der Waals surface area contributed by atoms with Crippen molar-refractivity contribution in [3.8, 4) is 5.75 Å². The van der Waals surface area contributed by atoms with Crippen LogP contribution in [0.3, 0.4) is 0 Å². The summed E-state index contributed by atoms with van der Waals surface area (Å²) in [7, 11) is -4.14. The normalized spacial score (nSPS) is 12.5. The molecule has 2 aromatic rings. The highest BCUT2D eigenvalue weighted by Crippen LogP contribution is 2.29. The van der Waals surface area contributed by atoms with Crippen LogP contribution in [-0.2, 0) is 24.4 Å². The third-order valence-corrected chi connectivity index (χ3v) is 4.64. The first kappa shape index (κ1) is 21.9. The molecule has 0 aromatic heterocycles. The predicted octanol–water partition coefficient (Wildman–Crippen LogP) is 1.44. The van der Waals surface area contributed by atoms with Crippen LogP contribution in [0.2, 0.25) is 5.02 Å². The van der Waals surface area contributed by atoms with E-state index in [9.17, 15) is 27.9 Å². The van der Waals surface area contributed by atoms with Crippen molar-refractivity contribution in [2.75, 3.05) is 5.32 Å². The molecule has 13 heteroatoms. The molecule has 0 aliphatic heterocycles. The number of Topliss-reactive ketones (excluding diaryl/α,β-unsaturated/α-hetero) is 1. The zero-order chi connectivity index (χ0) is 21.8. The second-order valence-corrected chi connectivity index (χ2v) is 7.42. The highest BCUT2D eigenvalue weighted by molar-refractivity contribution is 7.89. The van der Waals surface area contributed by atoms with Crippen molar-refractivity contribution >= 4 is 50.7 Å². The van der Waals surface area contributed by atoms with Gasteiger partial charge < -0.3 is 15.5 Å². The van der Waals surface area contributed by atoms with Gasteiger partial charge in [-0.3, -0.25) is 9.59 Å². The second-order valence-electron chi connectivity index (χ2n) is 5.45. The van der Waals surface area contributed by atoms with Crippen LogP contribution < -0.4 is 10.5 Å². The van der Waals surface area contributed by atoms with E-state index in [2.05, 4.69) is 15.5 Å². The van der Waals surface area contributed by atoms with E-state index in [-0.39, 0.29) is 10.7 Å². The van der Waals surface area contributed by atoms with Crippen LogP contribution in [0, 0.1) is 0 Å². The molecule has 0 heterocycles. The molecule has 0 saturated heterocycles. The smallest absolute Gasteiger partial charge is 0.375 e. The van der Waals surface area contributed by atoms with Gasteiger partial charge in [0.1, 0.15) is 11.4 Å². The van der Waals surface area contributed by atoms with Gasteiger partial charge in [-0.25, -0.2) is 18.4 Å². The number of ketones is 1.